The van der Waals surface area contributed by atoms with E-state index in [1.165, 1.54) is 4.90 Å². The van der Waals surface area contributed by atoms with E-state index in [1.807, 2.05) is 18.2 Å². The summed E-state index contributed by atoms with van der Waals surface area (Å²) < 4.78 is 0. The van der Waals surface area contributed by atoms with Gasteiger partial charge in [0.25, 0.3) is 5.91 Å². The Hall–Kier alpha value is -1.35. The summed E-state index contributed by atoms with van der Waals surface area (Å²) in [5.74, 6) is -0.0434. The first-order valence-corrected chi connectivity index (χ1v) is 3.76. The molecule has 1 amide bonds. The van der Waals surface area contributed by atoms with Crippen molar-refractivity contribution in [3.8, 4) is 0 Å². The molecule has 0 bridgehead atoms. The van der Waals surface area contributed by atoms with Gasteiger partial charge < -0.3 is 10.6 Å². The van der Waals surface area contributed by atoms with E-state index in [-0.39, 0.29) is 12.6 Å². The lowest BCUT2D eigenvalue weighted by Gasteiger charge is -2.13. The van der Waals surface area contributed by atoms with Gasteiger partial charge in [0.1, 0.15) is 0 Å². The van der Waals surface area contributed by atoms with Crippen LogP contribution in [0, 0.1) is 0 Å². The van der Waals surface area contributed by atoms with Crippen molar-refractivity contribution in [3.63, 3.8) is 0 Å². The first-order valence-electron chi connectivity index (χ1n) is 3.76. The maximum absolute atomic E-state index is 11.4. The lowest BCUT2D eigenvalue weighted by atomic mass is 10.2. The van der Waals surface area contributed by atoms with Gasteiger partial charge in [0, 0.05) is 12.6 Å². The molecule has 0 heterocycles. The standard InChI is InChI=1S/C9H12N2O/c1-11(7-10)9(12)8-5-3-2-4-6-8/h2-6H,7,10H2,1H3. The molecule has 1 aromatic carbocycles. The van der Waals surface area contributed by atoms with Crippen LogP contribution in [0.1, 0.15) is 10.4 Å². The highest BCUT2D eigenvalue weighted by Crippen LogP contribution is 2.01. The monoisotopic (exact) mass is 164 g/mol. The zero-order chi connectivity index (χ0) is 8.97. The Labute approximate surface area is 71.8 Å². The third kappa shape index (κ3) is 1.83. The highest BCUT2D eigenvalue weighted by atomic mass is 16.2. The van der Waals surface area contributed by atoms with E-state index >= 15 is 0 Å². The van der Waals surface area contributed by atoms with Gasteiger partial charge in [-0.15, -0.1) is 0 Å². The summed E-state index contributed by atoms with van der Waals surface area (Å²) in [6, 6.07) is 9.08. The SMILES string of the molecule is CN(CN)C(=O)c1ccccc1. The lowest BCUT2D eigenvalue weighted by Crippen LogP contribution is -2.32. The Morgan fingerprint density at radius 3 is 2.50 bits per heavy atom. The van der Waals surface area contributed by atoms with E-state index in [1.54, 1.807) is 19.2 Å². The molecule has 0 saturated carbocycles. The summed E-state index contributed by atoms with van der Waals surface area (Å²) in [5.41, 5.74) is 5.99. The van der Waals surface area contributed by atoms with Gasteiger partial charge in [-0.25, -0.2) is 0 Å². The molecule has 12 heavy (non-hydrogen) atoms. The van der Waals surface area contributed by atoms with E-state index < -0.39 is 0 Å². The number of hydrogen-bond donors (Lipinski definition) is 1. The van der Waals surface area contributed by atoms with Crippen molar-refractivity contribution in [2.75, 3.05) is 13.7 Å². The van der Waals surface area contributed by atoms with Crippen molar-refractivity contribution >= 4 is 5.91 Å². The van der Waals surface area contributed by atoms with E-state index in [4.69, 9.17) is 5.73 Å². The quantitative estimate of drug-likeness (QED) is 0.653. The molecule has 0 aromatic heterocycles. The Kier molecular flexibility index (Phi) is 2.82. The Balaban J connectivity index is 2.79. The van der Waals surface area contributed by atoms with Gasteiger partial charge in [0.2, 0.25) is 0 Å². The van der Waals surface area contributed by atoms with Gasteiger partial charge in [-0.1, -0.05) is 18.2 Å². The highest BCUT2D eigenvalue weighted by molar-refractivity contribution is 5.93. The summed E-state index contributed by atoms with van der Waals surface area (Å²) in [4.78, 5) is 12.9. The van der Waals surface area contributed by atoms with Crippen LogP contribution in [0.15, 0.2) is 30.3 Å². The fraction of sp³-hybridized carbons (Fsp3) is 0.222. The molecular weight excluding hydrogens is 152 g/mol. The van der Waals surface area contributed by atoms with Gasteiger partial charge in [-0.2, -0.15) is 0 Å². The summed E-state index contributed by atoms with van der Waals surface area (Å²) in [6.45, 7) is 0.244. The number of carbonyl (C=O) groups is 1. The third-order valence-corrected chi connectivity index (χ3v) is 1.64. The minimum Gasteiger partial charge on any atom is -0.329 e. The van der Waals surface area contributed by atoms with Crippen molar-refractivity contribution in [1.82, 2.24) is 4.90 Å². The first kappa shape index (κ1) is 8.74. The van der Waals surface area contributed by atoms with Crippen LogP contribution in [0.25, 0.3) is 0 Å². The topological polar surface area (TPSA) is 46.3 Å². The van der Waals surface area contributed by atoms with Crippen LogP contribution in [0.4, 0.5) is 0 Å². The van der Waals surface area contributed by atoms with E-state index in [9.17, 15) is 4.79 Å². The summed E-state index contributed by atoms with van der Waals surface area (Å²) >= 11 is 0. The van der Waals surface area contributed by atoms with Gasteiger partial charge in [0.15, 0.2) is 0 Å². The molecule has 64 valence electrons. The second-order valence-corrected chi connectivity index (χ2v) is 2.55. The zero-order valence-corrected chi connectivity index (χ0v) is 7.03. The molecule has 2 N–H and O–H groups in total. The van der Waals surface area contributed by atoms with E-state index in [0.717, 1.165) is 0 Å². The Bertz CT molecular complexity index is 258. The number of amides is 1. The fourth-order valence-electron chi connectivity index (χ4n) is 0.884. The van der Waals surface area contributed by atoms with Crippen molar-refractivity contribution in [2.45, 2.75) is 0 Å². The second-order valence-electron chi connectivity index (χ2n) is 2.55. The van der Waals surface area contributed by atoms with E-state index in [0.29, 0.717) is 5.56 Å². The first-order chi connectivity index (χ1) is 5.75. The lowest BCUT2D eigenvalue weighted by molar-refractivity contribution is 0.0799. The molecule has 0 fully saturated rings. The van der Waals surface area contributed by atoms with Gasteiger partial charge in [0.05, 0.1) is 6.67 Å². The van der Waals surface area contributed by atoms with Crippen molar-refractivity contribution in [3.05, 3.63) is 35.9 Å². The largest absolute Gasteiger partial charge is 0.329 e. The highest BCUT2D eigenvalue weighted by Gasteiger charge is 2.07. The number of rotatable bonds is 2. The summed E-state index contributed by atoms with van der Waals surface area (Å²) in [5, 5.41) is 0. The van der Waals surface area contributed by atoms with Crippen LogP contribution >= 0.6 is 0 Å². The molecule has 0 atom stereocenters. The summed E-state index contributed by atoms with van der Waals surface area (Å²) in [6.07, 6.45) is 0. The Morgan fingerprint density at radius 2 is 2.00 bits per heavy atom. The van der Waals surface area contributed by atoms with Gasteiger partial charge in [-0.05, 0) is 12.1 Å². The minimum absolute atomic E-state index is 0.0434. The number of nitrogens with two attached hydrogens (primary N) is 1. The number of nitrogens with zero attached hydrogens (tertiary/aromatic N) is 1. The van der Waals surface area contributed by atoms with Gasteiger partial charge >= 0.3 is 0 Å². The van der Waals surface area contributed by atoms with Crippen LogP contribution in [-0.2, 0) is 0 Å². The maximum atomic E-state index is 11.4. The number of benzene rings is 1. The van der Waals surface area contributed by atoms with Crippen LogP contribution in [-0.4, -0.2) is 24.5 Å². The van der Waals surface area contributed by atoms with Crippen molar-refractivity contribution in [1.29, 1.82) is 0 Å². The molecule has 0 aliphatic carbocycles. The molecule has 1 rings (SSSR count). The van der Waals surface area contributed by atoms with Crippen LogP contribution < -0.4 is 5.73 Å². The zero-order valence-electron chi connectivity index (χ0n) is 7.03. The van der Waals surface area contributed by atoms with Crippen molar-refractivity contribution < 1.29 is 4.79 Å². The molecule has 0 spiro atoms. The molecule has 0 radical (unpaired) electrons. The smallest absolute Gasteiger partial charge is 0.254 e. The average Bonchev–Trinajstić information content (AvgIpc) is 2.17. The average molecular weight is 164 g/mol. The van der Waals surface area contributed by atoms with Crippen LogP contribution in [0.2, 0.25) is 0 Å². The molecule has 0 aliphatic rings. The van der Waals surface area contributed by atoms with Crippen molar-refractivity contribution in [2.24, 2.45) is 5.73 Å². The number of carbonyl (C=O) groups excluding carboxylic acids is 1. The summed E-state index contributed by atoms with van der Waals surface area (Å²) in [7, 11) is 1.68. The predicted molar refractivity (Wildman–Crippen MR) is 47.6 cm³/mol. The van der Waals surface area contributed by atoms with Gasteiger partial charge in [-0.3, -0.25) is 4.79 Å². The third-order valence-electron chi connectivity index (χ3n) is 1.64. The molecule has 0 unspecified atom stereocenters. The normalized spacial score (nSPS) is 9.50. The molecule has 3 heteroatoms. The molecule has 3 nitrogen and oxygen atoms in total. The molecule has 0 aliphatic heterocycles. The van der Waals surface area contributed by atoms with E-state index in [2.05, 4.69) is 0 Å². The number of hydrogen-bond acceptors (Lipinski definition) is 2. The molecular formula is C9H12N2O. The second kappa shape index (κ2) is 3.88. The predicted octanol–water partition coefficient (Wildman–Crippen LogP) is 0.675. The van der Waals surface area contributed by atoms with Crippen LogP contribution in [0.5, 0.6) is 0 Å². The molecule has 1 aromatic rings. The minimum atomic E-state index is -0.0434. The van der Waals surface area contributed by atoms with Crippen LogP contribution in [0.3, 0.4) is 0 Å². The maximum Gasteiger partial charge on any atom is 0.254 e. The fourth-order valence-corrected chi connectivity index (χ4v) is 0.884. The Morgan fingerprint density at radius 1 is 1.42 bits per heavy atom. The molecule has 0 saturated heterocycles.